The summed E-state index contributed by atoms with van der Waals surface area (Å²) in [6.07, 6.45) is 0. The summed E-state index contributed by atoms with van der Waals surface area (Å²) in [4.78, 5) is 0. The van der Waals surface area contributed by atoms with E-state index in [9.17, 15) is 0 Å². The number of ether oxygens (including phenoxy) is 1. The molecule has 2 aromatic rings. The Bertz CT molecular complexity index is 437. The first-order chi connectivity index (χ1) is 6.33. The average molecular weight is 236 g/mol. The minimum absolute atomic E-state index is 0.749. The summed E-state index contributed by atoms with van der Waals surface area (Å²) in [5, 5.41) is 2.31. The number of methoxy groups -OCH3 is 1. The van der Waals surface area contributed by atoms with Crippen molar-refractivity contribution in [2.45, 2.75) is 0 Å². The average Bonchev–Trinajstić information content (AvgIpc) is 2.19. The minimum atomic E-state index is 0.749. The van der Waals surface area contributed by atoms with Gasteiger partial charge >= 0.3 is 0 Å². The van der Waals surface area contributed by atoms with E-state index in [1.165, 1.54) is 0 Å². The van der Waals surface area contributed by atoms with E-state index in [1.807, 2.05) is 18.2 Å². The molecule has 0 unspecified atom stereocenters. The van der Waals surface area contributed by atoms with Gasteiger partial charge in [0.1, 0.15) is 5.75 Å². The maximum absolute atomic E-state index is 5.15. The third-order valence-electron chi connectivity index (χ3n) is 1.96. The van der Waals surface area contributed by atoms with Gasteiger partial charge in [0.15, 0.2) is 0 Å². The normalized spacial score (nSPS) is 10.3. The van der Waals surface area contributed by atoms with Crippen LogP contribution in [0.4, 0.5) is 0 Å². The van der Waals surface area contributed by atoms with Crippen LogP contribution >= 0.6 is 15.9 Å². The Morgan fingerprint density at radius 1 is 1.31 bits per heavy atom. The van der Waals surface area contributed by atoms with Gasteiger partial charge in [0.2, 0.25) is 0 Å². The molecule has 0 saturated carbocycles. The van der Waals surface area contributed by atoms with Crippen LogP contribution in [0, 0.1) is 6.07 Å². The predicted molar refractivity (Wildman–Crippen MR) is 57.0 cm³/mol. The molecule has 1 nitrogen and oxygen atoms in total. The molecular formula is C11H8BrO. The van der Waals surface area contributed by atoms with Crippen molar-refractivity contribution in [1.29, 1.82) is 0 Å². The van der Waals surface area contributed by atoms with Crippen molar-refractivity contribution in [1.82, 2.24) is 0 Å². The van der Waals surface area contributed by atoms with Gasteiger partial charge in [-0.05, 0) is 32.8 Å². The summed E-state index contributed by atoms with van der Waals surface area (Å²) in [5.74, 6) is 0.749. The van der Waals surface area contributed by atoms with Crippen molar-refractivity contribution >= 4 is 26.7 Å². The van der Waals surface area contributed by atoms with Gasteiger partial charge in [-0.3, -0.25) is 0 Å². The molecule has 0 N–H and O–H groups in total. The van der Waals surface area contributed by atoms with E-state index < -0.39 is 0 Å². The van der Waals surface area contributed by atoms with Gasteiger partial charge in [0, 0.05) is 6.07 Å². The minimum Gasteiger partial charge on any atom is -0.495 e. The molecule has 13 heavy (non-hydrogen) atoms. The maximum atomic E-state index is 5.15. The Labute approximate surface area is 85.5 Å². The van der Waals surface area contributed by atoms with Crippen molar-refractivity contribution in [2.75, 3.05) is 7.11 Å². The van der Waals surface area contributed by atoms with Gasteiger partial charge in [0.25, 0.3) is 0 Å². The molecule has 2 rings (SSSR count). The Balaban J connectivity index is 2.79. The fraction of sp³-hybridized carbons (Fsp3) is 0.0909. The highest BCUT2D eigenvalue weighted by molar-refractivity contribution is 9.10. The van der Waals surface area contributed by atoms with E-state index in [4.69, 9.17) is 4.74 Å². The molecule has 65 valence electrons. The Morgan fingerprint density at radius 2 is 2.08 bits per heavy atom. The van der Waals surface area contributed by atoms with Crippen LogP contribution in [0.15, 0.2) is 34.8 Å². The van der Waals surface area contributed by atoms with Crippen molar-refractivity contribution < 1.29 is 4.74 Å². The Hall–Kier alpha value is -1.02. The lowest BCUT2D eigenvalue weighted by molar-refractivity contribution is 0.412. The molecular weight excluding hydrogens is 228 g/mol. The second-order valence-corrected chi connectivity index (χ2v) is 3.52. The zero-order valence-electron chi connectivity index (χ0n) is 7.17. The van der Waals surface area contributed by atoms with Crippen LogP contribution in [-0.4, -0.2) is 7.11 Å². The van der Waals surface area contributed by atoms with Crippen LogP contribution in [0.1, 0.15) is 0 Å². The van der Waals surface area contributed by atoms with Gasteiger partial charge in [-0.1, -0.05) is 24.3 Å². The molecule has 0 amide bonds. The van der Waals surface area contributed by atoms with E-state index in [0.717, 1.165) is 21.0 Å². The zero-order chi connectivity index (χ0) is 9.26. The molecule has 2 aromatic carbocycles. The van der Waals surface area contributed by atoms with Crippen LogP contribution in [0.25, 0.3) is 10.8 Å². The summed E-state index contributed by atoms with van der Waals surface area (Å²) < 4.78 is 6.12. The molecule has 2 heteroatoms. The summed E-state index contributed by atoms with van der Waals surface area (Å²) in [5.41, 5.74) is 0. The smallest absolute Gasteiger partial charge is 0.141 e. The van der Waals surface area contributed by atoms with Gasteiger partial charge < -0.3 is 4.74 Å². The Morgan fingerprint density at radius 3 is 2.85 bits per heavy atom. The summed E-state index contributed by atoms with van der Waals surface area (Å²) in [6.45, 7) is 0. The number of benzene rings is 2. The van der Waals surface area contributed by atoms with Crippen molar-refractivity contribution in [2.24, 2.45) is 0 Å². The molecule has 0 atom stereocenters. The van der Waals surface area contributed by atoms with Gasteiger partial charge in [0.05, 0.1) is 11.6 Å². The lowest BCUT2D eigenvalue weighted by Crippen LogP contribution is -1.85. The van der Waals surface area contributed by atoms with E-state index in [0.29, 0.717) is 0 Å². The first-order valence-electron chi connectivity index (χ1n) is 3.96. The van der Waals surface area contributed by atoms with E-state index in [-0.39, 0.29) is 0 Å². The SMILES string of the molecule is COc1[c]cc2ccccc2c1Br. The summed E-state index contributed by atoms with van der Waals surface area (Å²) in [6, 6.07) is 13.1. The lowest BCUT2D eigenvalue weighted by Gasteiger charge is -2.05. The quantitative estimate of drug-likeness (QED) is 0.737. The van der Waals surface area contributed by atoms with E-state index in [1.54, 1.807) is 7.11 Å². The monoisotopic (exact) mass is 235 g/mol. The molecule has 0 fully saturated rings. The highest BCUT2D eigenvalue weighted by Gasteiger charge is 2.03. The van der Waals surface area contributed by atoms with Crippen LogP contribution in [0.5, 0.6) is 5.75 Å². The van der Waals surface area contributed by atoms with E-state index in [2.05, 4.69) is 34.1 Å². The van der Waals surface area contributed by atoms with Crippen molar-refractivity contribution in [3.05, 3.63) is 40.9 Å². The number of halogens is 1. The standard InChI is InChI=1S/C11H8BrO/c1-13-10-7-6-8-4-2-3-5-9(8)11(10)12/h2-6H,1H3. The lowest BCUT2D eigenvalue weighted by atomic mass is 10.1. The number of rotatable bonds is 1. The number of hydrogen-bond donors (Lipinski definition) is 0. The van der Waals surface area contributed by atoms with Crippen LogP contribution in [-0.2, 0) is 0 Å². The largest absolute Gasteiger partial charge is 0.495 e. The second-order valence-electron chi connectivity index (χ2n) is 2.72. The third-order valence-corrected chi connectivity index (χ3v) is 2.75. The fourth-order valence-electron chi connectivity index (χ4n) is 1.30. The van der Waals surface area contributed by atoms with Crippen LogP contribution in [0.2, 0.25) is 0 Å². The van der Waals surface area contributed by atoms with Crippen LogP contribution in [0.3, 0.4) is 0 Å². The van der Waals surface area contributed by atoms with Crippen LogP contribution < -0.4 is 4.74 Å². The molecule has 0 heterocycles. The predicted octanol–water partition coefficient (Wildman–Crippen LogP) is 3.41. The first kappa shape index (κ1) is 8.57. The zero-order valence-corrected chi connectivity index (χ0v) is 8.76. The molecule has 0 bridgehead atoms. The van der Waals surface area contributed by atoms with Gasteiger partial charge in [-0.15, -0.1) is 0 Å². The highest BCUT2D eigenvalue weighted by Crippen LogP contribution is 2.31. The molecule has 0 aliphatic rings. The van der Waals surface area contributed by atoms with Gasteiger partial charge in [-0.2, -0.15) is 0 Å². The van der Waals surface area contributed by atoms with Crippen molar-refractivity contribution in [3.63, 3.8) is 0 Å². The van der Waals surface area contributed by atoms with Gasteiger partial charge in [-0.25, -0.2) is 0 Å². The molecule has 0 saturated heterocycles. The van der Waals surface area contributed by atoms with E-state index >= 15 is 0 Å². The number of fused-ring (bicyclic) bond motifs is 1. The molecule has 0 spiro atoms. The number of hydrogen-bond acceptors (Lipinski definition) is 1. The highest BCUT2D eigenvalue weighted by atomic mass is 79.9. The molecule has 0 aliphatic heterocycles. The fourth-order valence-corrected chi connectivity index (χ4v) is 1.94. The van der Waals surface area contributed by atoms with Crippen molar-refractivity contribution in [3.8, 4) is 5.75 Å². The second kappa shape index (κ2) is 3.38. The Kier molecular flexibility index (Phi) is 2.23. The third kappa shape index (κ3) is 1.42. The summed E-state index contributed by atoms with van der Waals surface area (Å²) in [7, 11) is 1.64. The summed E-state index contributed by atoms with van der Waals surface area (Å²) >= 11 is 3.49. The topological polar surface area (TPSA) is 9.23 Å². The molecule has 0 aliphatic carbocycles. The molecule has 0 aromatic heterocycles. The molecule has 1 radical (unpaired) electrons. The first-order valence-corrected chi connectivity index (χ1v) is 4.75. The maximum Gasteiger partial charge on any atom is 0.141 e.